The van der Waals surface area contributed by atoms with Gasteiger partial charge in [0.2, 0.25) is 0 Å². The number of rotatable bonds is 5. The van der Waals surface area contributed by atoms with E-state index >= 15 is 0 Å². The number of aromatic nitrogens is 1. The standard InChI is InChI=1S/C8H12N2O2S/c11-4-2-1-3-9-8(12)7-5-13-6-10-7/h5-6,11H,1-4H2,(H,9,12). The van der Waals surface area contributed by atoms with Crippen molar-refractivity contribution in [2.45, 2.75) is 12.8 Å². The van der Waals surface area contributed by atoms with Gasteiger partial charge in [-0.15, -0.1) is 11.3 Å². The van der Waals surface area contributed by atoms with Gasteiger partial charge in [0.1, 0.15) is 5.69 Å². The molecule has 1 aromatic rings. The number of nitrogens with zero attached hydrogens (tertiary/aromatic N) is 1. The van der Waals surface area contributed by atoms with Crippen LogP contribution in [0.5, 0.6) is 0 Å². The first-order valence-electron chi connectivity index (χ1n) is 4.12. The SMILES string of the molecule is O=C(NCCCCO)c1cscn1. The molecule has 2 N–H and O–H groups in total. The normalized spacial score (nSPS) is 9.92. The van der Waals surface area contributed by atoms with Gasteiger partial charge in [0.05, 0.1) is 5.51 Å². The summed E-state index contributed by atoms with van der Waals surface area (Å²) in [4.78, 5) is 15.1. The molecule has 0 atom stereocenters. The van der Waals surface area contributed by atoms with Gasteiger partial charge in [0.15, 0.2) is 0 Å². The molecule has 0 fully saturated rings. The molecule has 4 nitrogen and oxygen atoms in total. The molecular formula is C8H12N2O2S. The number of nitrogens with one attached hydrogen (secondary N) is 1. The smallest absolute Gasteiger partial charge is 0.270 e. The Morgan fingerprint density at radius 1 is 1.62 bits per heavy atom. The first kappa shape index (κ1) is 10.1. The Morgan fingerprint density at radius 3 is 3.08 bits per heavy atom. The third kappa shape index (κ3) is 3.52. The number of carbonyl (C=O) groups is 1. The van der Waals surface area contributed by atoms with Crippen LogP contribution in [-0.2, 0) is 0 Å². The predicted molar refractivity (Wildman–Crippen MR) is 50.8 cm³/mol. The van der Waals surface area contributed by atoms with E-state index in [0.717, 1.165) is 12.8 Å². The van der Waals surface area contributed by atoms with Crippen molar-refractivity contribution in [2.24, 2.45) is 0 Å². The van der Waals surface area contributed by atoms with Gasteiger partial charge in [0, 0.05) is 18.5 Å². The van der Waals surface area contributed by atoms with E-state index in [1.807, 2.05) is 0 Å². The van der Waals surface area contributed by atoms with Crippen molar-refractivity contribution in [3.63, 3.8) is 0 Å². The fraction of sp³-hybridized carbons (Fsp3) is 0.500. The van der Waals surface area contributed by atoms with Crippen LogP contribution in [0.1, 0.15) is 23.3 Å². The summed E-state index contributed by atoms with van der Waals surface area (Å²) in [5.41, 5.74) is 2.09. The maximum atomic E-state index is 11.2. The monoisotopic (exact) mass is 200 g/mol. The lowest BCUT2D eigenvalue weighted by Crippen LogP contribution is -2.24. The number of carbonyl (C=O) groups excluding carboxylic acids is 1. The van der Waals surface area contributed by atoms with Gasteiger partial charge < -0.3 is 10.4 Å². The second-order valence-electron chi connectivity index (χ2n) is 2.56. The fourth-order valence-corrected chi connectivity index (χ4v) is 1.39. The van der Waals surface area contributed by atoms with Crippen molar-refractivity contribution in [3.05, 3.63) is 16.6 Å². The Labute approximate surface area is 80.6 Å². The molecule has 72 valence electrons. The van der Waals surface area contributed by atoms with Crippen molar-refractivity contribution in [2.75, 3.05) is 13.2 Å². The van der Waals surface area contributed by atoms with Crippen LogP contribution >= 0.6 is 11.3 Å². The molecule has 13 heavy (non-hydrogen) atoms. The van der Waals surface area contributed by atoms with E-state index in [1.54, 1.807) is 10.9 Å². The quantitative estimate of drug-likeness (QED) is 0.686. The summed E-state index contributed by atoms with van der Waals surface area (Å²) in [5.74, 6) is -0.140. The summed E-state index contributed by atoms with van der Waals surface area (Å²) < 4.78 is 0. The van der Waals surface area contributed by atoms with E-state index in [-0.39, 0.29) is 12.5 Å². The molecule has 0 aromatic carbocycles. The van der Waals surface area contributed by atoms with Gasteiger partial charge in [-0.2, -0.15) is 0 Å². The number of unbranched alkanes of at least 4 members (excludes halogenated alkanes) is 1. The summed E-state index contributed by atoms with van der Waals surface area (Å²) in [6.45, 7) is 0.767. The lowest BCUT2D eigenvalue weighted by Gasteiger charge is -2.00. The van der Waals surface area contributed by atoms with Gasteiger partial charge in [-0.1, -0.05) is 0 Å². The Morgan fingerprint density at radius 2 is 2.46 bits per heavy atom. The van der Waals surface area contributed by atoms with Crippen LogP contribution in [-0.4, -0.2) is 29.1 Å². The van der Waals surface area contributed by atoms with E-state index in [4.69, 9.17) is 5.11 Å². The first-order chi connectivity index (χ1) is 6.34. The maximum Gasteiger partial charge on any atom is 0.270 e. The summed E-state index contributed by atoms with van der Waals surface area (Å²) in [6.07, 6.45) is 1.52. The van der Waals surface area contributed by atoms with Crippen LogP contribution in [0.3, 0.4) is 0 Å². The van der Waals surface area contributed by atoms with Gasteiger partial charge >= 0.3 is 0 Å². The highest BCUT2D eigenvalue weighted by atomic mass is 32.1. The number of aliphatic hydroxyl groups is 1. The molecule has 1 heterocycles. The van der Waals surface area contributed by atoms with Crippen molar-refractivity contribution in [1.82, 2.24) is 10.3 Å². The number of hydrogen-bond acceptors (Lipinski definition) is 4. The maximum absolute atomic E-state index is 11.2. The Hall–Kier alpha value is -0.940. The third-order valence-electron chi connectivity index (χ3n) is 1.54. The van der Waals surface area contributed by atoms with Crippen molar-refractivity contribution >= 4 is 17.2 Å². The summed E-state index contributed by atoms with van der Waals surface area (Å²) >= 11 is 1.40. The molecule has 0 aliphatic carbocycles. The number of hydrogen-bond donors (Lipinski definition) is 2. The van der Waals surface area contributed by atoms with Crippen LogP contribution in [0, 0.1) is 0 Å². The van der Waals surface area contributed by atoms with E-state index in [2.05, 4.69) is 10.3 Å². The molecule has 0 spiro atoms. The second kappa shape index (κ2) is 5.66. The molecule has 0 saturated carbocycles. The zero-order valence-corrected chi connectivity index (χ0v) is 8.01. The van der Waals surface area contributed by atoms with E-state index in [9.17, 15) is 4.79 Å². The van der Waals surface area contributed by atoms with E-state index in [1.165, 1.54) is 11.3 Å². The van der Waals surface area contributed by atoms with Crippen molar-refractivity contribution in [1.29, 1.82) is 0 Å². The van der Waals surface area contributed by atoms with Crippen LogP contribution < -0.4 is 5.32 Å². The molecule has 0 aliphatic heterocycles. The molecule has 1 aromatic heterocycles. The molecule has 0 radical (unpaired) electrons. The highest BCUT2D eigenvalue weighted by molar-refractivity contribution is 7.07. The van der Waals surface area contributed by atoms with E-state index < -0.39 is 0 Å². The average Bonchev–Trinajstić information content (AvgIpc) is 2.65. The van der Waals surface area contributed by atoms with Gasteiger partial charge in [-0.25, -0.2) is 4.98 Å². The van der Waals surface area contributed by atoms with Crippen molar-refractivity contribution in [3.8, 4) is 0 Å². The van der Waals surface area contributed by atoms with Gasteiger partial charge in [0.25, 0.3) is 5.91 Å². The second-order valence-corrected chi connectivity index (χ2v) is 3.28. The first-order valence-corrected chi connectivity index (χ1v) is 5.06. The molecule has 1 amide bonds. The van der Waals surface area contributed by atoms with Gasteiger partial charge in [-0.05, 0) is 12.8 Å². The molecular weight excluding hydrogens is 188 g/mol. The van der Waals surface area contributed by atoms with Crippen LogP contribution in [0.15, 0.2) is 10.9 Å². The minimum Gasteiger partial charge on any atom is -0.396 e. The largest absolute Gasteiger partial charge is 0.396 e. The minimum absolute atomic E-state index is 0.140. The van der Waals surface area contributed by atoms with Crippen molar-refractivity contribution < 1.29 is 9.90 Å². The topological polar surface area (TPSA) is 62.2 Å². The molecule has 5 heteroatoms. The Balaban J connectivity index is 2.19. The van der Waals surface area contributed by atoms with Crippen LogP contribution in [0.25, 0.3) is 0 Å². The lowest BCUT2D eigenvalue weighted by molar-refractivity contribution is 0.0948. The average molecular weight is 200 g/mol. The number of aliphatic hydroxyl groups excluding tert-OH is 1. The Bertz CT molecular complexity index is 249. The van der Waals surface area contributed by atoms with Crippen LogP contribution in [0.4, 0.5) is 0 Å². The zero-order chi connectivity index (χ0) is 9.52. The highest BCUT2D eigenvalue weighted by Gasteiger charge is 2.05. The summed E-state index contributed by atoms with van der Waals surface area (Å²) in [6, 6.07) is 0. The molecule has 0 aliphatic rings. The molecule has 1 rings (SSSR count). The highest BCUT2D eigenvalue weighted by Crippen LogP contribution is 2.00. The number of amides is 1. The summed E-state index contributed by atoms with van der Waals surface area (Å²) in [5, 5.41) is 12.9. The summed E-state index contributed by atoms with van der Waals surface area (Å²) in [7, 11) is 0. The van der Waals surface area contributed by atoms with Gasteiger partial charge in [-0.3, -0.25) is 4.79 Å². The Kier molecular flexibility index (Phi) is 4.42. The van der Waals surface area contributed by atoms with E-state index in [0.29, 0.717) is 12.2 Å². The van der Waals surface area contributed by atoms with Crippen LogP contribution in [0.2, 0.25) is 0 Å². The molecule has 0 unspecified atom stereocenters. The number of thiazole rings is 1. The predicted octanol–water partition coefficient (Wildman–Crippen LogP) is 0.645. The fourth-order valence-electron chi connectivity index (χ4n) is 0.854. The lowest BCUT2D eigenvalue weighted by atomic mass is 10.3. The minimum atomic E-state index is -0.140. The molecule has 0 bridgehead atoms. The molecule has 0 saturated heterocycles. The third-order valence-corrected chi connectivity index (χ3v) is 2.12. The zero-order valence-electron chi connectivity index (χ0n) is 7.19.